The topological polar surface area (TPSA) is 78.9 Å². The van der Waals surface area contributed by atoms with Gasteiger partial charge in [-0.1, -0.05) is 0 Å². The highest BCUT2D eigenvalue weighted by Crippen LogP contribution is 2.20. The van der Waals surface area contributed by atoms with E-state index in [1.807, 2.05) is 0 Å². The van der Waals surface area contributed by atoms with Gasteiger partial charge in [-0.05, 0) is 26.2 Å². The van der Waals surface area contributed by atoms with Crippen LogP contribution in [0.3, 0.4) is 0 Å². The van der Waals surface area contributed by atoms with Crippen LogP contribution in [0.1, 0.15) is 32.6 Å². The maximum absolute atomic E-state index is 12.1. The molecule has 1 heterocycles. The van der Waals surface area contributed by atoms with E-state index < -0.39 is 12.1 Å². The predicted octanol–water partition coefficient (Wildman–Crippen LogP) is -0.347. The first-order valence-electron chi connectivity index (χ1n) is 6.93. The molecule has 1 saturated carbocycles. The molecule has 2 atom stereocenters. The number of morpholine rings is 1. The number of carbonyl (C=O) groups excluding carboxylic acids is 2. The van der Waals surface area contributed by atoms with E-state index >= 15 is 0 Å². The molecule has 6 heteroatoms. The minimum absolute atomic E-state index is 0.0832. The Morgan fingerprint density at radius 1 is 1.47 bits per heavy atom. The van der Waals surface area contributed by atoms with Crippen LogP contribution in [0, 0.1) is 0 Å². The summed E-state index contributed by atoms with van der Waals surface area (Å²) in [6, 6.07) is -0.236. The fourth-order valence-electron chi connectivity index (χ4n) is 2.12. The number of nitrogens with one attached hydrogen (secondary N) is 1. The van der Waals surface area contributed by atoms with Crippen LogP contribution in [-0.4, -0.2) is 59.8 Å². The summed E-state index contributed by atoms with van der Waals surface area (Å²) in [5.41, 5.74) is 0. The van der Waals surface area contributed by atoms with E-state index in [1.54, 1.807) is 11.8 Å². The van der Waals surface area contributed by atoms with Gasteiger partial charge < -0.3 is 20.1 Å². The maximum atomic E-state index is 12.1. The molecule has 0 radical (unpaired) electrons. The minimum atomic E-state index is -0.518. The standard InChI is InChI=1S/C13H22N2O4/c1-9(16)2-5-12(17)15-6-7-19-8-11(15)13(18)14-10-3-4-10/h9-11,16H,2-8H2,1H3,(H,14,18). The predicted molar refractivity (Wildman–Crippen MR) is 68.4 cm³/mol. The molecular formula is C13H22N2O4. The van der Waals surface area contributed by atoms with E-state index in [2.05, 4.69) is 5.32 Å². The lowest BCUT2D eigenvalue weighted by molar-refractivity contribution is -0.148. The molecule has 0 aromatic carbocycles. The third kappa shape index (κ3) is 4.18. The Bertz CT molecular complexity index is 342. The minimum Gasteiger partial charge on any atom is -0.393 e. The van der Waals surface area contributed by atoms with Crippen LogP contribution in [0.5, 0.6) is 0 Å². The molecule has 0 bridgehead atoms. The molecule has 2 N–H and O–H groups in total. The molecule has 0 spiro atoms. The van der Waals surface area contributed by atoms with Crippen molar-refractivity contribution in [3.05, 3.63) is 0 Å². The molecule has 2 amide bonds. The van der Waals surface area contributed by atoms with Gasteiger partial charge in [-0.25, -0.2) is 0 Å². The fraction of sp³-hybridized carbons (Fsp3) is 0.846. The summed E-state index contributed by atoms with van der Waals surface area (Å²) in [5, 5.41) is 12.1. The molecule has 2 aliphatic rings. The molecule has 108 valence electrons. The van der Waals surface area contributed by atoms with E-state index in [-0.39, 0.29) is 30.9 Å². The van der Waals surface area contributed by atoms with Gasteiger partial charge >= 0.3 is 0 Å². The number of nitrogens with zero attached hydrogens (tertiary/aromatic N) is 1. The molecule has 0 aromatic heterocycles. The average molecular weight is 270 g/mol. The number of carbonyl (C=O) groups is 2. The zero-order chi connectivity index (χ0) is 13.8. The number of hydrogen-bond donors (Lipinski definition) is 2. The van der Waals surface area contributed by atoms with Crippen molar-refractivity contribution in [2.75, 3.05) is 19.8 Å². The Morgan fingerprint density at radius 2 is 2.21 bits per heavy atom. The second-order valence-corrected chi connectivity index (χ2v) is 5.35. The first kappa shape index (κ1) is 14.3. The van der Waals surface area contributed by atoms with Gasteiger partial charge in [-0.3, -0.25) is 9.59 Å². The van der Waals surface area contributed by atoms with Crippen molar-refractivity contribution in [2.45, 2.75) is 50.8 Å². The van der Waals surface area contributed by atoms with Crippen LogP contribution in [0.4, 0.5) is 0 Å². The number of hydrogen-bond acceptors (Lipinski definition) is 4. The monoisotopic (exact) mass is 270 g/mol. The van der Waals surface area contributed by atoms with Crippen LogP contribution >= 0.6 is 0 Å². The third-order valence-corrected chi connectivity index (χ3v) is 3.45. The van der Waals surface area contributed by atoms with Crippen LogP contribution in [0.15, 0.2) is 0 Å². The van der Waals surface area contributed by atoms with Gasteiger partial charge in [0.2, 0.25) is 11.8 Å². The third-order valence-electron chi connectivity index (χ3n) is 3.45. The zero-order valence-corrected chi connectivity index (χ0v) is 11.3. The van der Waals surface area contributed by atoms with Crippen LogP contribution in [-0.2, 0) is 14.3 Å². The first-order valence-corrected chi connectivity index (χ1v) is 6.93. The van der Waals surface area contributed by atoms with E-state index in [9.17, 15) is 14.7 Å². The number of ether oxygens (including phenoxy) is 1. The number of aliphatic hydroxyl groups excluding tert-OH is 1. The number of amides is 2. The molecule has 1 aliphatic carbocycles. The summed E-state index contributed by atoms with van der Waals surface area (Å²) in [5.74, 6) is -0.201. The summed E-state index contributed by atoms with van der Waals surface area (Å²) in [6.07, 6.45) is 2.24. The number of aliphatic hydroxyl groups is 1. The van der Waals surface area contributed by atoms with Crippen molar-refractivity contribution in [3.63, 3.8) is 0 Å². The molecule has 19 heavy (non-hydrogen) atoms. The lowest BCUT2D eigenvalue weighted by Gasteiger charge is -2.34. The Hall–Kier alpha value is -1.14. The van der Waals surface area contributed by atoms with Gasteiger partial charge in [0, 0.05) is 19.0 Å². The van der Waals surface area contributed by atoms with Crippen LogP contribution < -0.4 is 5.32 Å². The van der Waals surface area contributed by atoms with Gasteiger partial charge in [-0.2, -0.15) is 0 Å². The van der Waals surface area contributed by atoms with Gasteiger partial charge in [0.15, 0.2) is 0 Å². The summed E-state index contributed by atoms with van der Waals surface area (Å²) in [7, 11) is 0. The smallest absolute Gasteiger partial charge is 0.245 e. The van der Waals surface area contributed by atoms with Gasteiger partial charge in [0.05, 0.1) is 19.3 Å². The Labute approximate surface area is 113 Å². The largest absolute Gasteiger partial charge is 0.393 e. The van der Waals surface area contributed by atoms with Crippen LogP contribution in [0.25, 0.3) is 0 Å². The van der Waals surface area contributed by atoms with Gasteiger partial charge in [0.1, 0.15) is 6.04 Å². The molecule has 2 rings (SSSR count). The Morgan fingerprint density at radius 3 is 2.84 bits per heavy atom. The molecule has 1 saturated heterocycles. The van der Waals surface area contributed by atoms with Crippen molar-refractivity contribution < 1.29 is 19.4 Å². The molecule has 2 unspecified atom stereocenters. The normalized spacial score (nSPS) is 24.9. The second-order valence-electron chi connectivity index (χ2n) is 5.35. The summed E-state index contributed by atoms with van der Waals surface area (Å²) in [6.45, 7) is 2.83. The van der Waals surface area contributed by atoms with Crippen molar-refractivity contribution >= 4 is 11.8 Å². The number of rotatable bonds is 5. The highest BCUT2D eigenvalue weighted by Gasteiger charge is 2.35. The maximum Gasteiger partial charge on any atom is 0.245 e. The SMILES string of the molecule is CC(O)CCC(=O)N1CCOCC1C(=O)NC1CC1. The average Bonchev–Trinajstić information content (AvgIpc) is 3.19. The quantitative estimate of drug-likeness (QED) is 0.716. The van der Waals surface area contributed by atoms with E-state index in [1.165, 1.54) is 0 Å². The van der Waals surface area contributed by atoms with E-state index in [0.717, 1.165) is 12.8 Å². The second kappa shape index (κ2) is 6.34. The molecule has 1 aliphatic heterocycles. The van der Waals surface area contributed by atoms with Crippen molar-refractivity contribution in [1.82, 2.24) is 10.2 Å². The summed E-state index contributed by atoms with van der Waals surface area (Å²) < 4.78 is 5.31. The zero-order valence-electron chi connectivity index (χ0n) is 11.3. The lowest BCUT2D eigenvalue weighted by Crippen LogP contribution is -2.56. The van der Waals surface area contributed by atoms with Gasteiger partial charge in [-0.15, -0.1) is 0 Å². The summed E-state index contributed by atoms with van der Waals surface area (Å²) in [4.78, 5) is 25.8. The van der Waals surface area contributed by atoms with Crippen LogP contribution in [0.2, 0.25) is 0 Å². The fourth-order valence-corrected chi connectivity index (χ4v) is 2.12. The highest BCUT2D eigenvalue weighted by atomic mass is 16.5. The molecule has 6 nitrogen and oxygen atoms in total. The molecule has 0 aromatic rings. The molecular weight excluding hydrogens is 248 g/mol. The lowest BCUT2D eigenvalue weighted by atomic mass is 10.1. The molecule has 2 fully saturated rings. The highest BCUT2D eigenvalue weighted by molar-refractivity contribution is 5.88. The summed E-state index contributed by atoms with van der Waals surface area (Å²) >= 11 is 0. The van der Waals surface area contributed by atoms with E-state index in [0.29, 0.717) is 19.6 Å². The first-order chi connectivity index (χ1) is 9.08. The Kier molecular flexibility index (Phi) is 4.76. The Balaban J connectivity index is 1.90. The van der Waals surface area contributed by atoms with Crippen molar-refractivity contribution in [3.8, 4) is 0 Å². The van der Waals surface area contributed by atoms with Gasteiger partial charge in [0.25, 0.3) is 0 Å². The van der Waals surface area contributed by atoms with Crippen molar-refractivity contribution in [2.24, 2.45) is 0 Å². The van der Waals surface area contributed by atoms with Crippen molar-refractivity contribution in [1.29, 1.82) is 0 Å². The van der Waals surface area contributed by atoms with E-state index in [4.69, 9.17) is 4.74 Å².